The molecular formula is C25H28F3N5O7. The summed E-state index contributed by atoms with van der Waals surface area (Å²) in [5.41, 5.74) is 1.36. The predicted octanol–water partition coefficient (Wildman–Crippen LogP) is 0.369. The number of alkyl halides is 3. The summed E-state index contributed by atoms with van der Waals surface area (Å²) in [6.45, 7) is 4.30. The Morgan fingerprint density at radius 3 is 2.08 bits per heavy atom. The van der Waals surface area contributed by atoms with Crippen LogP contribution in [-0.4, -0.2) is 102 Å². The summed E-state index contributed by atoms with van der Waals surface area (Å²) in [5, 5.41) is 12.6. The van der Waals surface area contributed by atoms with Crippen molar-refractivity contribution >= 4 is 41.2 Å². The molecule has 1 aromatic carbocycles. The molecule has 0 aliphatic carbocycles. The number of rotatable bonds is 3. The molecule has 3 saturated heterocycles. The Balaban J connectivity index is 0.000000470. The maximum absolute atomic E-state index is 13.0. The van der Waals surface area contributed by atoms with Crippen LogP contribution in [0.1, 0.15) is 46.4 Å². The van der Waals surface area contributed by atoms with Crippen LogP contribution in [0.4, 0.5) is 18.9 Å². The van der Waals surface area contributed by atoms with E-state index in [2.05, 4.69) is 15.5 Å². The van der Waals surface area contributed by atoms with E-state index in [4.69, 9.17) is 9.90 Å². The number of hydrogen-bond donors (Lipinski definition) is 3. The van der Waals surface area contributed by atoms with E-state index in [9.17, 15) is 37.1 Å². The Morgan fingerprint density at radius 1 is 0.900 bits per heavy atom. The average molecular weight is 568 g/mol. The molecule has 40 heavy (non-hydrogen) atoms. The highest BCUT2D eigenvalue weighted by molar-refractivity contribution is 6.23. The molecule has 216 valence electrons. The van der Waals surface area contributed by atoms with Gasteiger partial charge >= 0.3 is 12.1 Å². The van der Waals surface area contributed by atoms with Gasteiger partial charge in [-0.05, 0) is 50.6 Å². The predicted molar refractivity (Wildman–Crippen MR) is 131 cm³/mol. The van der Waals surface area contributed by atoms with Gasteiger partial charge in [0, 0.05) is 44.2 Å². The van der Waals surface area contributed by atoms with E-state index in [-0.39, 0.29) is 35.8 Å². The number of imide groups is 2. The number of nitrogens with zero attached hydrogens (tertiary/aromatic N) is 3. The number of halogens is 3. The zero-order valence-electron chi connectivity index (χ0n) is 21.3. The second kappa shape index (κ2) is 11.6. The largest absolute Gasteiger partial charge is 0.490 e. The molecular weight excluding hydrogens is 539 g/mol. The second-order valence-electron chi connectivity index (χ2n) is 9.82. The molecule has 1 unspecified atom stereocenters. The van der Waals surface area contributed by atoms with Gasteiger partial charge in [0.05, 0.1) is 11.1 Å². The highest BCUT2D eigenvalue weighted by Gasteiger charge is 2.45. The zero-order chi connectivity index (χ0) is 29.2. The smallest absolute Gasteiger partial charge is 0.475 e. The minimum atomic E-state index is -5.08. The third-order valence-corrected chi connectivity index (χ3v) is 7.31. The Hall–Kier alpha value is -4.01. The number of carbonyl (C=O) groups excluding carboxylic acids is 5. The first-order valence-corrected chi connectivity index (χ1v) is 12.8. The Kier molecular flexibility index (Phi) is 8.42. The fourth-order valence-electron chi connectivity index (χ4n) is 5.17. The number of carboxylic acid groups (broad SMARTS) is 1. The first kappa shape index (κ1) is 29.0. The van der Waals surface area contributed by atoms with Crippen LogP contribution < -0.4 is 15.5 Å². The lowest BCUT2D eigenvalue weighted by molar-refractivity contribution is -0.192. The lowest BCUT2D eigenvalue weighted by atomic mass is 9.96. The zero-order valence-corrected chi connectivity index (χ0v) is 21.3. The van der Waals surface area contributed by atoms with E-state index in [1.165, 1.54) is 0 Å². The average Bonchev–Trinajstić information content (AvgIpc) is 3.17. The number of carbonyl (C=O) groups is 6. The van der Waals surface area contributed by atoms with Gasteiger partial charge in [-0.1, -0.05) is 0 Å². The number of anilines is 1. The van der Waals surface area contributed by atoms with E-state index >= 15 is 0 Å². The van der Waals surface area contributed by atoms with Crippen molar-refractivity contribution in [2.75, 3.05) is 44.2 Å². The maximum Gasteiger partial charge on any atom is 0.490 e. The second-order valence-corrected chi connectivity index (χ2v) is 9.82. The Labute approximate surface area is 226 Å². The third kappa shape index (κ3) is 6.08. The summed E-state index contributed by atoms with van der Waals surface area (Å²) in [6, 6.07) is 4.17. The fraction of sp³-hybridized carbons (Fsp3) is 0.520. The maximum atomic E-state index is 13.0. The molecule has 15 heteroatoms. The summed E-state index contributed by atoms with van der Waals surface area (Å²) in [5.74, 6) is -4.46. The number of piperidine rings is 2. The first-order chi connectivity index (χ1) is 18.9. The normalized spacial score (nSPS) is 22.0. The summed E-state index contributed by atoms with van der Waals surface area (Å²) >= 11 is 0. The quantitative estimate of drug-likeness (QED) is 0.439. The topological polar surface area (TPSA) is 156 Å². The van der Waals surface area contributed by atoms with Crippen LogP contribution in [0.2, 0.25) is 0 Å². The van der Waals surface area contributed by atoms with Gasteiger partial charge in [-0.2, -0.15) is 13.2 Å². The standard InChI is InChI=1S/C23H27N5O5.C2HF3O2/c29-19-4-3-18(20(30)25-19)28-22(32)16-2-1-15(13-17(16)23(28)33)26-9-11-27(12-10-26)21(31)14-5-7-24-8-6-14;3-2(4,5)1(6)7/h1-2,13-14,18,24H,3-12H2,(H,25,29,30);(H,6,7). The van der Waals surface area contributed by atoms with Crippen LogP contribution in [-0.2, 0) is 19.2 Å². The molecule has 3 fully saturated rings. The summed E-state index contributed by atoms with van der Waals surface area (Å²) in [6.07, 6.45) is -3.10. The van der Waals surface area contributed by atoms with Gasteiger partial charge in [0.1, 0.15) is 6.04 Å². The van der Waals surface area contributed by atoms with Gasteiger partial charge in [0.15, 0.2) is 0 Å². The molecule has 0 aromatic heterocycles. The molecule has 0 bridgehead atoms. The summed E-state index contributed by atoms with van der Waals surface area (Å²) in [4.78, 5) is 76.3. The van der Waals surface area contributed by atoms with Gasteiger partial charge in [-0.3, -0.25) is 34.2 Å². The molecule has 1 aromatic rings. The lowest BCUT2D eigenvalue weighted by Crippen LogP contribution is -2.54. The number of nitrogens with one attached hydrogen (secondary N) is 2. The van der Waals surface area contributed by atoms with Gasteiger partial charge in [0.25, 0.3) is 11.8 Å². The molecule has 5 amide bonds. The van der Waals surface area contributed by atoms with Crippen LogP contribution in [0.3, 0.4) is 0 Å². The summed E-state index contributed by atoms with van der Waals surface area (Å²) < 4.78 is 31.7. The van der Waals surface area contributed by atoms with E-state index in [0.717, 1.165) is 36.5 Å². The van der Waals surface area contributed by atoms with Crippen molar-refractivity contribution < 1.29 is 47.0 Å². The SMILES string of the molecule is O=C(O)C(F)(F)F.O=C1CCC(N2C(=O)c3ccc(N4CCN(C(=O)C5CCNCC5)CC4)cc3C2=O)C(=O)N1. The van der Waals surface area contributed by atoms with Crippen molar-refractivity contribution in [2.45, 2.75) is 37.9 Å². The van der Waals surface area contributed by atoms with E-state index in [1.807, 2.05) is 11.0 Å². The Morgan fingerprint density at radius 2 is 1.50 bits per heavy atom. The van der Waals surface area contributed by atoms with E-state index in [1.54, 1.807) is 12.1 Å². The number of piperazine rings is 1. The number of fused-ring (bicyclic) bond motifs is 1. The highest BCUT2D eigenvalue weighted by Crippen LogP contribution is 2.31. The van der Waals surface area contributed by atoms with Crippen LogP contribution in [0.15, 0.2) is 18.2 Å². The minimum Gasteiger partial charge on any atom is -0.475 e. The molecule has 0 spiro atoms. The van der Waals surface area contributed by atoms with E-state index < -0.39 is 41.8 Å². The molecule has 4 heterocycles. The van der Waals surface area contributed by atoms with Gasteiger partial charge < -0.3 is 20.2 Å². The van der Waals surface area contributed by atoms with Crippen molar-refractivity contribution in [3.63, 3.8) is 0 Å². The molecule has 3 N–H and O–H groups in total. The van der Waals surface area contributed by atoms with Crippen LogP contribution in [0.25, 0.3) is 0 Å². The van der Waals surface area contributed by atoms with Crippen molar-refractivity contribution in [1.82, 2.24) is 20.4 Å². The fourth-order valence-corrected chi connectivity index (χ4v) is 5.17. The van der Waals surface area contributed by atoms with Gasteiger partial charge in [0.2, 0.25) is 17.7 Å². The highest BCUT2D eigenvalue weighted by atomic mass is 19.4. The number of amides is 5. The number of aliphatic carboxylic acids is 1. The van der Waals surface area contributed by atoms with Crippen LogP contribution in [0.5, 0.6) is 0 Å². The summed E-state index contributed by atoms with van der Waals surface area (Å²) in [7, 11) is 0. The minimum absolute atomic E-state index is 0.0927. The first-order valence-electron chi connectivity index (χ1n) is 12.8. The molecule has 12 nitrogen and oxygen atoms in total. The Bertz CT molecular complexity index is 1220. The number of carboxylic acids is 1. The molecule has 4 aliphatic heterocycles. The van der Waals surface area contributed by atoms with Crippen molar-refractivity contribution in [1.29, 1.82) is 0 Å². The van der Waals surface area contributed by atoms with Gasteiger partial charge in [-0.15, -0.1) is 0 Å². The van der Waals surface area contributed by atoms with Crippen molar-refractivity contribution in [2.24, 2.45) is 5.92 Å². The molecule has 0 radical (unpaired) electrons. The van der Waals surface area contributed by atoms with Crippen molar-refractivity contribution in [3.8, 4) is 0 Å². The van der Waals surface area contributed by atoms with E-state index in [0.29, 0.717) is 26.2 Å². The number of hydrogen-bond acceptors (Lipinski definition) is 8. The molecule has 5 rings (SSSR count). The van der Waals surface area contributed by atoms with Crippen molar-refractivity contribution in [3.05, 3.63) is 29.3 Å². The molecule has 1 atom stereocenters. The lowest BCUT2D eigenvalue weighted by Gasteiger charge is -2.38. The monoisotopic (exact) mass is 567 g/mol. The number of benzene rings is 1. The third-order valence-electron chi connectivity index (χ3n) is 7.31. The molecule has 0 saturated carbocycles. The van der Waals surface area contributed by atoms with Crippen LogP contribution >= 0.6 is 0 Å². The molecule has 4 aliphatic rings. The van der Waals surface area contributed by atoms with Gasteiger partial charge in [-0.25, -0.2) is 4.79 Å². The van der Waals surface area contributed by atoms with Crippen LogP contribution in [0, 0.1) is 5.92 Å².